The van der Waals surface area contributed by atoms with E-state index < -0.39 is 0 Å². The molecule has 0 atom stereocenters. The van der Waals surface area contributed by atoms with Crippen LogP contribution >= 0.6 is 11.3 Å². The van der Waals surface area contributed by atoms with Crippen molar-refractivity contribution < 1.29 is 18.7 Å². The summed E-state index contributed by atoms with van der Waals surface area (Å²) in [6.07, 6.45) is 1.60. The Labute approximate surface area is 176 Å². The summed E-state index contributed by atoms with van der Waals surface area (Å²) in [5.74, 6) is 2.53. The highest BCUT2D eigenvalue weighted by atomic mass is 32.1. The average molecular weight is 421 g/mol. The van der Waals surface area contributed by atoms with E-state index in [4.69, 9.17) is 13.9 Å². The van der Waals surface area contributed by atoms with E-state index in [1.165, 1.54) is 11.3 Å². The van der Waals surface area contributed by atoms with E-state index in [9.17, 15) is 4.79 Å². The molecule has 3 aromatic heterocycles. The Morgan fingerprint density at radius 1 is 1.17 bits per heavy atom. The minimum atomic E-state index is -0.0490. The van der Waals surface area contributed by atoms with Crippen LogP contribution in [0.25, 0.3) is 21.8 Å². The third-order valence-electron chi connectivity index (χ3n) is 5.11. The van der Waals surface area contributed by atoms with E-state index in [0.717, 1.165) is 32.8 Å². The van der Waals surface area contributed by atoms with Gasteiger partial charge in [0.1, 0.15) is 4.83 Å². The van der Waals surface area contributed by atoms with Crippen LogP contribution in [0.1, 0.15) is 26.5 Å². The van der Waals surface area contributed by atoms with Crippen molar-refractivity contribution in [2.24, 2.45) is 0 Å². The predicted octanol–water partition coefficient (Wildman–Crippen LogP) is 4.57. The number of benzene rings is 1. The lowest BCUT2D eigenvalue weighted by Gasteiger charge is -2.17. The van der Waals surface area contributed by atoms with Crippen molar-refractivity contribution >= 4 is 27.5 Å². The number of fused-ring (bicyclic) bond motifs is 2. The van der Waals surface area contributed by atoms with Crippen LogP contribution in [-0.4, -0.2) is 34.6 Å². The van der Waals surface area contributed by atoms with Crippen molar-refractivity contribution in [3.8, 4) is 23.1 Å². The van der Waals surface area contributed by atoms with E-state index in [2.05, 4.69) is 9.97 Å². The van der Waals surface area contributed by atoms with Crippen LogP contribution in [0.15, 0.2) is 41.0 Å². The highest BCUT2D eigenvalue weighted by Gasteiger charge is 2.23. The molecule has 0 saturated heterocycles. The maximum Gasteiger partial charge on any atom is 0.264 e. The standard InChI is InChI=1S/C22H19N3O4S/c1-12-18-13(2)23-20(16-5-4-8-27-16)24-21(18)30-19(12)22(26)25(3)10-14-6-7-15-17(9-14)29-11-28-15/h4-9H,10-11H2,1-3H3. The molecule has 1 aliphatic heterocycles. The zero-order chi connectivity index (χ0) is 20.8. The first-order chi connectivity index (χ1) is 14.5. The second-order valence-corrected chi connectivity index (χ2v) is 8.19. The molecule has 0 spiro atoms. The number of hydrogen-bond donors (Lipinski definition) is 0. The number of nitrogens with zero attached hydrogens (tertiary/aromatic N) is 3. The number of ether oxygens (including phenoxy) is 2. The molecule has 30 heavy (non-hydrogen) atoms. The molecule has 0 N–H and O–H groups in total. The van der Waals surface area contributed by atoms with Crippen LogP contribution in [-0.2, 0) is 6.54 Å². The Balaban J connectivity index is 1.45. The van der Waals surface area contributed by atoms with Gasteiger partial charge in [0.15, 0.2) is 23.1 Å². The van der Waals surface area contributed by atoms with E-state index in [1.807, 2.05) is 38.1 Å². The van der Waals surface area contributed by atoms with Gasteiger partial charge in [-0.25, -0.2) is 9.97 Å². The van der Waals surface area contributed by atoms with Crippen LogP contribution in [0.4, 0.5) is 0 Å². The van der Waals surface area contributed by atoms with Gasteiger partial charge in [-0.1, -0.05) is 6.07 Å². The SMILES string of the molecule is Cc1nc(-c2ccco2)nc2sc(C(=O)N(C)Cc3ccc4c(c3)OCO4)c(C)c12. The summed E-state index contributed by atoms with van der Waals surface area (Å²) in [7, 11) is 1.80. The Kier molecular flexibility index (Phi) is 4.43. The molecule has 7 nitrogen and oxygen atoms in total. The summed E-state index contributed by atoms with van der Waals surface area (Å²) in [5, 5.41) is 0.926. The molecule has 0 unspecified atom stereocenters. The van der Waals surface area contributed by atoms with Crippen LogP contribution in [0.3, 0.4) is 0 Å². The average Bonchev–Trinajstić information content (AvgIpc) is 3.47. The van der Waals surface area contributed by atoms with Gasteiger partial charge >= 0.3 is 0 Å². The molecule has 0 radical (unpaired) electrons. The van der Waals surface area contributed by atoms with E-state index in [-0.39, 0.29) is 12.7 Å². The smallest absolute Gasteiger partial charge is 0.264 e. The Morgan fingerprint density at radius 3 is 2.80 bits per heavy atom. The van der Waals surface area contributed by atoms with Crippen molar-refractivity contribution in [3.63, 3.8) is 0 Å². The molecule has 0 saturated carbocycles. The second kappa shape index (κ2) is 7.14. The predicted molar refractivity (Wildman–Crippen MR) is 113 cm³/mol. The molecule has 0 bridgehead atoms. The molecule has 1 amide bonds. The number of aromatic nitrogens is 2. The lowest BCUT2D eigenvalue weighted by atomic mass is 10.1. The van der Waals surface area contributed by atoms with Crippen LogP contribution < -0.4 is 9.47 Å². The second-order valence-electron chi connectivity index (χ2n) is 7.20. The van der Waals surface area contributed by atoms with Gasteiger partial charge in [-0.05, 0) is 49.2 Å². The minimum absolute atomic E-state index is 0.0490. The van der Waals surface area contributed by atoms with Gasteiger partial charge in [0.25, 0.3) is 5.91 Å². The van der Waals surface area contributed by atoms with Gasteiger partial charge in [-0.3, -0.25) is 4.79 Å². The van der Waals surface area contributed by atoms with Crippen molar-refractivity contribution in [2.75, 3.05) is 13.8 Å². The van der Waals surface area contributed by atoms with Gasteiger partial charge in [-0.15, -0.1) is 11.3 Å². The maximum absolute atomic E-state index is 13.2. The molecule has 1 aliphatic rings. The number of amides is 1. The highest BCUT2D eigenvalue weighted by Crippen LogP contribution is 2.35. The third kappa shape index (κ3) is 3.09. The van der Waals surface area contributed by atoms with Crippen LogP contribution in [0, 0.1) is 13.8 Å². The van der Waals surface area contributed by atoms with Gasteiger partial charge < -0.3 is 18.8 Å². The lowest BCUT2D eigenvalue weighted by molar-refractivity contribution is 0.0789. The minimum Gasteiger partial charge on any atom is -0.461 e. The van der Waals surface area contributed by atoms with E-state index in [1.54, 1.807) is 24.3 Å². The summed E-state index contributed by atoms with van der Waals surface area (Å²) in [4.78, 5) is 25.6. The first kappa shape index (κ1) is 18.6. The number of thiophene rings is 1. The van der Waals surface area contributed by atoms with E-state index >= 15 is 0 Å². The lowest BCUT2D eigenvalue weighted by Crippen LogP contribution is -2.25. The summed E-state index contributed by atoms with van der Waals surface area (Å²) >= 11 is 1.39. The quantitative estimate of drug-likeness (QED) is 0.480. The number of furan rings is 1. The zero-order valence-corrected chi connectivity index (χ0v) is 17.6. The molecular formula is C22H19N3O4S. The Hall–Kier alpha value is -3.39. The topological polar surface area (TPSA) is 77.7 Å². The number of aryl methyl sites for hydroxylation is 2. The molecule has 152 valence electrons. The maximum atomic E-state index is 13.2. The summed E-state index contributed by atoms with van der Waals surface area (Å²) in [5.41, 5.74) is 2.71. The summed E-state index contributed by atoms with van der Waals surface area (Å²) in [6.45, 7) is 4.57. The number of hydrogen-bond acceptors (Lipinski definition) is 7. The van der Waals surface area contributed by atoms with Gasteiger partial charge in [-0.2, -0.15) is 0 Å². The Bertz CT molecular complexity index is 1260. The molecule has 0 fully saturated rings. The number of carbonyl (C=O) groups excluding carboxylic acids is 1. The van der Waals surface area contributed by atoms with Gasteiger partial charge in [0, 0.05) is 19.0 Å². The largest absolute Gasteiger partial charge is 0.461 e. The van der Waals surface area contributed by atoms with Crippen molar-refractivity contribution in [1.82, 2.24) is 14.9 Å². The molecule has 0 aliphatic carbocycles. The van der Waals surface area contributed by atoms with E-state index in [0.29, 0.717) is 28.8 Å². The summed E-state index contributed by atoms with van der Waals surface area (Å²) in [6, 6.07) is 9.36. The molecular weight excluding hydrogens is 402 g/mol. The van der Waals surface area contributed by atoms with Gasteiger partial charge in [0.05, 0.1) is 16.8 Å². The first-order valence-corrected chi connectivity index (χ1v) is 10.3. The molecule has 4 heterocycles. The fraction of sp³-hybridized carbons (Fsp3) is 0.227. The zero-order valence-electron chi connectivity index (χ0n) is 16.8. The number of rotatable bonds is 4. The van der Waals surface area contributed by atoms with Crippen LogP contribution in [0.2, 0.25) is 0 Å². The molecule has 4 aromatic rings. The monoisotopic (exact) mass is 421 g/mol. The van der Waals surface area contributed by atoms with Crippen LogP contribution in [0.5, 0.6) is 11.5 Å². The fourth-order valence-electron chi connectivity index (χ4n) is 3.62. The third-order valence-corrected chi connectivity index (χ3v) is 6.28. The first-order valence-electron chi connectivity index (χ1n) is 9.47. The number of carbonyl (C=O) groups is 1. The van der Waals surface area contributed by atoms with Crippen molar-refractivity contribution in [3.05, 3.63) is 58.3 Å². The fourth-order valence-corrected chi connectivity index (χ4v) is 4.84. The van der Waals surface area contributed by atoms with Gasteiger partial charge in [0.2, 0.25) is 6.79 Å². The highest BCUT2D eigenvalue weighted by molar-refractivity contribution is 7.20. The normalized spacial score (nSPS) is 12.5. The molecule has 1 aromatic carbocycles. The van der Waals surface area contributed by atoms with Crippen molar-refractivity contribution in [1.29, 1.82) is 0 Å². The molecule has 8 heteroatoms. The molecule has 5 rings (SSSR count). The van der Waals surface area contributed by atoms with Crippen molar-refractivity contribution in [2.45, 2.75) is 20.4 Å². The summed E-state index contributed by atoms with van der Waals surface area (Å²) < 4.78 is 16.2. The Morgan fingerprint density at radius 2 is 2.00 bits per heavy atom.